The van der Waals surface area contributed by atoms with Crippen molar-refractivity contribution in [3.63, 3.8) is 0 Å². The second-order valence-electron chi connectivity index (χ2n) is 5.54. The first-order chi connectivity index (χ1) is 12.2. The summed E-state index contributed by atoms with van der Waals surface area (Å²) >= 11 is 0. The lowest BCUT2D eigenvalue weighted by Crippen LogP contribution is -2.37. The number of rotatable bonds is 4. The molecule has 0 saturated carbocycles. The molecule has 3 amide bonds. The summed E-state index contributed by atoms with van der Waals surface area (Å²) in [5.41, 5.74) is 2.12. The van der Waals surface area contributed by atoms with Gasteiger partial charge >= 0.3 is 12.0 Å². The van der Waals surface area contributed by atoms with Gasteiger partial charge in [0.2, 0.25) is 0 Å². The Morgan fingerprint density at radius 2 is 1.62 bits per heavy atom. The van der Waals surface area contributed by atoms with Crippen LogP contribution < -0.4 is 10.6 Å². The number of amides is 3. The van der Waals surface area contributed by atoms with Gasteiger partial charge in [-0.2, -0.15) is 0 Å². The molecule has 0 bridgehead atoms. The first kappa shape index (κ1) is 19.0. The van der Waals surface area contributed by atoms with Crippen LogP contribution in [0.15, 0.2) is 36.4 Å². The fourth-order valence-electron chi connectivity index (χ4n) is 2.03. The smallest absolute Gasteiger partial charge is 0.338 e. The molecule has 0 unspecified atom stereocenters. The highest BCUT2D eigenvalue weighted by Gasteiger charge is 2.14. The summed E-state index contributed by atoms with van der Waals surface area (Å²) in [7, 11) is 0. The van der Waals surface area contributed by atoms with Gasteiger partial charge in [0, 0.05) is 11.8 Å². The summed E-state index contributed by atoms with van der Waals surface area (Å²) in [6.45, 7) is 3.01. The van der Waals surface area contributed by atoms with E-state index >= 15 is 0 Å². The largest absolute Gasteiger partial charge is 0.452 e. The van der Waals surface area contributed by atoms with Gasteiger partial charge in [0.25, 0.3) is 5.91 Å². The third-order valence-electron chi connectivity index (χ3n) is 3.45. The first-order valence-electron chi connectivity index (χ1n) is 7.56. The van der Waals surface area contributed by atoms with Crippen LogP contribution in [0.25, 0.3) is 0 Å². The lowest BCUT2D eigenvalue weighted by molar-refractivity contribution is -0.123. The Hall–Kier alpha value is -3.29. The molecule has 0 aliphatic rings. The number of hydrogen-bond donors (Lipinski definition) is 2. The van der Waals surface area contributed by atoms with Gasteiger partial charge in [0.1, 0.15) is 11.6 Å². The summed E-state index contributed by atoms with van der Waals surface area (Å²) in [6, 6.07) is 6.56. The van der Waals surface area contributed by atoms with Crippen molar-refractivity contribution in [2.45, 2.75) is 13.8 Å². The number of urea groups is 1. The Morgan fingerprint density at radius 3 is 2.23 bits per heavy atom. The van der Waals surface area contributed by atoms with Crippen LogP contribution in [0.2, 0.25) is 0 Å². The normalized spacial score (nSPS) is 10.2. The van der Waals surface area contributed by atoms with E-state index in [4.69, 9.17) is 0 Å². The van der Waals surface area contributed by atoms with Crippen LogP contribution in [0.5, 0.6) is 0 Å². The van der Waals surface area contributed by atoms with E-state index in [0.717, 1.165) is 23.3 Å². The molecule has 0 aliphatic heterocycles. The maximum absolute atomic E-state index is 13.0. The van der Waals surface area contributed by atoms with Crippen molar-refractivity contribution in [3.05, 3.63) is 64.7 Å². The fourth-order valence-corrected chi connectivity index (χ4v) is 2.03. The number of carbonyl (C=O) groups is 3. The molecule has 0 spiro atoms. The Labute approximate surface area is 148 Å². The quantitative estimate of drug-likeness (QED) is 0.819. The summed E-state index contributed by atoms with van der Waals surface area (Å²) in [5, 5.41) is 4.44. The van der Waals surface area contributed by atoms with Crippen LogP contribution in [0.4, 0.5) is 19.3 Å². The van der Waals surface area contributed by atoms with Crippen LogP contribution in [-0.4, -0.2) is 24.5 Å². The molecule has 2 N–H and O–H groups in total. The number of halogens is 2. The Bertz CT molecular complexity index is 848. The van der Waals surface area contributed by atoms with E-state index in [1.807, 2.05) is 25.2 Å². The molecule has 0 radical (unpaired) electrons. The lowest BCUT2D eigenvalue weighted by atomic mass is 10.1. The molecule has 0 fully saturated rings. The molecule has 6 nitrogen and oxygen atoms in total. The van der Waals surface area contributed by atoms with Crippen molar-refractivity contribution in [2.75, 3.05) is 11.9 Å². The van der Waals surface area contributed by atoms with Crippen molar-refractivity contribution >= 4 is 23.6 Å². The van der Waals surface area contributed by atoms with E-state index in [0.29, 0.717) is 11.8 Å². The number of esters is 1. The van der Waals surface area contributed by atoms with E-state index < -0.39 is 36.1 Å². The number of anilines is 1. The Kier molecular flexibility index (Phi) is 6.00. The number of benzene rings is 2. The third kappa shape index (κ3) is 5.37. The highest BCUT2D eigenvalue weighted by Crippen LogP contribution is 2.14. The molecule has 8 heteroatoms. The van der Waals surface area contributed by atoms with Crippen LogP contribution in [0, 0.1) is 25.5 Å². The predicted molar refractivity (Wildman–Crippen MR) is 89.7 cm³/mol. The highest BCUT2D eigenvalue weighted by atomic mass is 19.1. The second kappa shape index (κ2) is 8.19. The second-order valence-corrected chi connectivity index (χ2v) is 5.54. The van der Waals surface area contributed by atoms with Crippen molar-refractivity contribution < 1.29 is 27.9 Å². The maximum atomic E-state index is 13.0. The topological polar surface area (TPSA) is 84.5 Å². The number of hydrogen-bond acceptors (Lipinski definition) is 4. The molecule has 2 aromatic rings. The number of aryl methyl sites for hydroxylation is 2. The number of imide groups is 1. The number of carbonyl (C=O) groups excluding carboxylic acids is 3. The number of ether oxygens (including phenoxy) is 1. The van der Waals surface area contributed by atoms with Crippen molar-refractivity contribution in [3.8, 4) is 0 Å². The summed E-state index contributed by atoms with van der Waals surface area (Å²) in [4.78, 5) is 35.0. The van der Waals surface area contributed by atoms with Crippen LogP contribution in [-0.2, 0) is 9.53 Å². The minimum Gasteiger partial charge on any atom is -0.452 e. The summed E-state index contributed by atoms with van der Waals surface area (Å²) in [6.07, 6.45) is 0. The molecular formula is C18H16F2N2O4. The molecule has 136 valence electrons. The maximum Gasteiger partial charge on any atom is 0.338 e. The van der Waals surface area contributed by atoms with Gasteiger partial charge in [0.15, 0.2) is 6.61 Å². The Balaban J connectivity index is 1.84. The average Bonchev–Trinajstić information content (AvgIpc) is 2.55. The Morgan fingerprint density at radius 1 is 0.962 bits per heavy atom. The predicted octanol–water partition coefficient (Wildman–Crippen LogP) is 3.09. The molecule has 0 aromatic heterocycles. The molecule has 26 heavy (non-hydrogen) atoms. The van der Waals surface area contributed by atoms with Gasteiger partial charge in [-0.1, -0.05) is 6.07 Å². The van der Waals surface area contributed by atoms with Gasteiger partial charge in [-0.05, 0) is 49.2 Å². The van der Waals surface area contributed by atoms with Crippen LogP contribution >= 0.6 is 0 Å². The van der Waals surface area contributed by atoms with Gasteiger partial charge in [-0.15, -0.1) is 0 Å². The molecule has 0 aliphatic carbocycles. The zero-order chi connectivity index (χ0) is 19.3. The highest BCUT2D eigenvalue weighted by molar-refractivity contribution is 6.02. The molecule has 2 aromatic carbocycles. The molecule has 0 heterocycles. The van der Waals surface area contributed by atoms with E-state index in [2.05, 4.69) is 10.1 Å². The van der Waals surface area contributed by atoms with Crippen molar-refractivity contribution in [2.24, 2.45) is 0 Å². The minimum absolute atomic E-state index is 0.380. The standard InChI is InChI=1S/C18H16F2N2O4/c1-10-3-4-15(5-11(10)2)21-18(25)22-16(23)9-26-17(24)12-6-13(19)8-14(20)7-12/h3-8H,9H2,1-2H3,(H2,21,22,23,25). The van der Waals surface area contributed by atoms with Gasteiger partial charge in [-0.25, -0.2) is 18.4 Å². The van der Waals surface area contributed by atoms with Gasteiger partial charge in [0.05, 0.1) is 5.56 Å². The number of nitrogens with one attached hydrogen (secondary N) is 2. The summed E-state index contributed by atoms with van der Waals surface area (Å²) in [5.74, 6) is -3.88. The fraction of sp³-hybridized carbons (Fsp3) is 0.167. The minimum atomic E-state index is -1.09. The molecule has 2 rings (SSSR count). The first-order valence-corrected chi connectivity index (χ1v) is 7.56. The molecule has 0 saturated heterocycles. The molecular weight excluding hydrogens is 346 g/mol. The van der Waals surface area contributed by atoms with Crippen LogP contribution in [0.1, 0.15) is 21.5 Å². The third-order valence-corrected chi connectivity index (χ3v) is 3.45. The van der Waals surface area contributed by atoms with Crippen molar-refractivity contribution in [1.29, 1.82) is 0 Å². The van der Waals surface area contributed by atoms with E-state index in [9.17, 15) is 23.2 Å². The van der Waals surface area contributed by atoms with Crippen molar-refractivity contribution in [1.82, 2.24) is 5.32 Å². The zero-order valence-corrected chi connectivity index (χ0v) is 14.1. The lowest BCUT2D eigenvalue weighted by Gasteiger charge is -2.09. The zero-order valence-electron chi connectivity index (χ0n) is 14.1. The summed E-state index contributed by atoms with van der Waals surface area (Å²) < 4.78 is 30.7. The average molecular weight is 362 g/mol. The molecule has 0 atom stereocenters. The van der Waals surface area contributed by atoms with Gasteiger partial charge < -0.3 is 10.1 Å². The van der Waals surface area contributed by atoms with E-state index in [-0.39, 0.29) is 5.56 Å². The van der Waals surface area contributed by atoms with E-state index in [1.165, 1.54) is 0 Å². The monoisotopic (exact) mass is 362 g/mol. The van der Waals surface area contributed by atoms with Gasteiger partial charge in [-0.3, -0.25) is 10.1 Å². The van der Waals surface area contributed by atoms with E-state index in [1.54, 1.807) is 12.1 Å². The van der Waals surface area contributed by atoms with Crippen LogP contribution in [0.3, 0.4) is 0 Å². The SMILES string of the molecule is Cc1ccc(NC(=O)NC(=O)COC(=O)c2cc(F)cc(F)c2)cc1C.